The number of anilines is 1. The van der Waals surface area contributed by atoms with Gasteiger partial charge >= 0.3 is 0 Å². The number of benzene rings is 2. The molecule has 0 aliphatic heterocycles. The van der Waals surface area contributed by atoms with E-state index in [1.54, 1.807) is 17.4 Å². The fraction of sp³-hybridized carbons (Fsp3) is 0.143. The van der Waals surface area contributed by atoms with Crippen LogP contribution in [0.5, 0.6) is 0 Å². The molecule has 0 spiro atoms. The summed E-state index contributed by atoms with van der Waals surface area (Å²) in [6.07, 6.45) is 5.40. The summed E-state index contributed by atoms with van der Waals surface area (Å²) in [7, 11) is -3.29. The van der Waals surface area contributed by atoms with E-state index in [2.05, 4.69) is 46.5 Å². The molecule has 1 aliphatic carbocycles. The van der Waals surface area contributed by atoms with E-state index in [1.165, 1.54) is 27.1 Å². The molecule has 2 aromatic carbocycles. The van der Waals surface area contributed by atoms with E-state index in [4.69, 9.17) is 0 Å². The second-order valence-electron chi connectivity index (χ2n) is 6.49. The van der Waals surface area contributed by atoms with Crippen molar-refractivity contribution in [2.45, 2.75) is 12.8 Å². The Hall–Kier alpha value is -2.37. The van der Waals surface area contributed by atoms with Crippen molar-refractivity contribution in [3.8, 4) is 0 Å². The van der Waals surface area contributed by atoms with Crippen molar-refractivity contribution < 1.29 is 8.42 Å². The Kier molecular flexibility index (Phi) is 4.42. The SMILES string of the molecule is CS(=O)(=O)Nc1cccc(C=C2c3ccccc3CCc3ccsc32)c1. The molecule has 3 aromatic rings. The number of fused-ring (bicyclic) bond motifs is 2. The number of hydrogen-bond acceptors (Lipinski definition) is 3. The summed E-state index contributed by atoms with van der Waals surface area (Å²) in [6.45, 7) is 0. The highest BCUT2D eigenvalue weighted by atomic mass is 32.2. The lowest BCUT2D eigenvalue weighted by molar-refractivity contribution is 0.607. The fourth-order valence-corrected chi connectivity index (χ4v) is 4.92. The highest BCUT2D eigenvalue weighted by Crippen LogP contribution is 2.38. The zero-order valence-electron chi connectivity index (χ0n) is 14.4. The Morgan fingerprint density at radius 2 is 1.81 bits per heavy atom. The van der Waals surface area contributed by atoms with Crippen LogP contribution in [0.15, 0.2) is 60.0 Å². The Labute approximate surface area is 158 Å². The van der Waals surface area contributed by atoms with Crippen molar-refractivity contribution in [1.82, 2.24) is 0 Å². The molecule has 0 bridgehead atoms. The first-order valence-corrected chi connectivity index (χ1v) is 11.2. The summed E-state index contributed by atoms with van der Waals surface area (Å²) in [5.41, 5.74) is 6.75. The van der Waals surface area contributed by atoms with Crippen molar-refractivity contribution in [3.63, 3.8) is 0 Å². The van der Waals surface area contributed by atoms with Crippen LogP contribution in [0.25, 0.3) is 11.6 Å². The van der Waals surface area contributed by atoms with Gasteiger partial charge in [0.15, 0.2) is 0 Å². The van der Waals surface area contributed by atoms with Crippen molar-refractivity contribution in [1.29, 1.82) is 0 Å². The van der Waals surface area contributed by atoms with Gasteiger partial charge in [0.2, 0.25) is 10.0 Å². The normalized spacial score (nSPS) is 15.2. The fourth-order valence-electron chi connectivity index (χ4n) is 3.38. The van der Waals surface area contributed by atoms with Crippen molar-refractivity contribution in [3.05, 3.63) is 87.1 Å². The van der Waals surface area contributed by atoms with E-state index < -0.39 is 10.0 Å². The molecule has 0 saturated heterocycles. The molecule has 1 aromatic heterocycles. The maximum absolute atomic E-state index is 11.5. The van der Waals surface area contributed by atoms with Gasteiger partial charge in [-0.3, -0.25) is 4.72 Å². The molecule has 0 fully saturated rings. The highest BCUT2D eigenvalue weighted by Gasteiger charge is 2.19. The predicted molar refractivity (Wildman–Crippen MR) is 110 cm³/mol. The van der Waals surface area contributed by atoms with Gasteiger partial charge in [-0.25, -0.2) is 8.42 Å². The molecule has 1 heterocycles. The van der Waals surface area contributed by atoms with Crippen LogP contribution in [-0.2, 0) is 22.9 Å². The van der Waals surface area contributed by atoms with Gasteiger partial charge in [0.25, 0.3) is 0 Å². The Morgan fingerprint density at radius 1 is 1.00 bits per heavy atom. The van der Waals surface area contributed by atoms with Gasteiger partial charge < -0.3 is 0 Å². The monoisotopic (exact) mass is 381 g/mol. The molecule has 3 nitrogen and oxygen atoms in total. The van der Waals surface area contributed by atoms with Crippen molar-refractivity contribution >= 4 is 38.7 Å². The summed E-state index contributed by atoms with van der Waals surface area (Å²) < 4.78 is 25.6. The van der Waals surface area contributed by atoms with E-state index in [9.17, 15) is 8.42 Å². The molecule has 5 heteroatoms. The number of aryl methyl sites for hydroxylation is 2. The third-order valence-electron chi connectivity index (χ3n) is 4.46. The van der Waals surface area contributed by atoms with Gasteiger partial charge in [-0.05, 0) is 64.8 Å². The molecule has 4 rings (SSSR count). The number of nitrogens with one attached hydrogen (secondary N) is 1. The molecular formula is C21H19NO2S2. The van der Waals surface area contributed by atoms with E-state index in [0.29, 0.717) is 5.69 Å². The lowest BCUT2D eigenvalue weighted by Gasteiger charge is -2.10. The third kappa shape index (κ3) is 3.59. The zero-order valence-corrected chi connectivity index (χ0v) is 16.0. The van der Waals surface area contributed by atoms with Crippen molar-refractivity contribution in [2.24, 2.45) is 0 Å². The first-order chi connectivity index (χ1) is 12.5. The average molecular weight is 382 g/mol. The van der Waals surface area contributed by atoms with Gasteiger partial charge in [0, 0.05) is 16.1 Å². The summed E-state index contributed by atoms with van der Waals surface area (Å²) in [5, 5.41) is 2.15. The zero-order chi connectivity index (χ0) is 18.1. The minimum Gasteiger partial charge on any atom is -0.284 e. The number of thiophene rings is 1. The van der Waals surface area contributed by atoms with Crippen LogP contribution in [-0.4, -0.2) is 14.7 Å². The quantitative estimate of drug-likeness (QED) is 0.708. The number of sulfonamides is 1. The van der Waals surface area contributed by atoms with Crippen molar-refractivity contribution in [2.75, 3.05) is 11.0 Å². The van der Waals surface area contributed by atoms with Crippen LogP contribution in [0, 0.1) is 0 Å². The maximum atomic E-state index is 11.5. The van der Waals surface area contributed by atoms with Gasteiger partial charge in [0.05, 0.1) is 6.26 Å². The van der Waals surface area contributed by atoms with Gasteiger partial charge in [0.1, 0.15) is 0 Å². The highest BCUT2D eigenvalue weighted by molar-refractivity contribution is 7.92. The average Bonchev–Trinajstić information content (AvgIpc) is 3.00. The second-order valence-corrected chi connectivity index (χ2v) is 9.15. The van der Waals surface area contributed by atoms with Gasteiger partial charge in [-0.1, -0.05) is 36.4 Å². The van der Waals surface area contributed by atoms with E-state index >= 15 is 0 Å². The Bertz CT molecular complexity index is 1090. The van der Waals surface area contributed by atoms with Crippen LogP contribution in [0.2, 0.25) is 0 Å². The molecule has 1 N–H and O–H groups in total. The van der Waals surface area contributed by atoms with Gasteiger partial charge in [-0.2, -0.15) is 0 Å². The summed E-state index contributed by atoms with van der Waals surface area (Å²) in [6, 6.07) is 18.3. The standard InChI is InChI=1S/C21H19NO2S2/c1-26(23,24)22-18-7-4-5-15(13-18)14-20-19-8-3-2-6-16(19)9-10-17-11-12-25-21(17)20/h2-8,11-14,22H,9-10H2,1H3. The molecule has 1 aliphatic rings. The first kappa shape index (κ1) is 17.1. The Morgan fingerprint density at radius 3 is 2.65 bits per heavy atom. The van der Waals surface area contributed by atoms with Gasteiger partial charge in [-0.15, -0.1) is 11.3 Å². The minimum absolute atomic E-state index is 0.579. The smallest absolute Gasteiger partial charge is 0.229 e. The summed E-state index contributed by atoms with van der Waals surface area (Å²) >= 11 is 1.76. The van der Waals surface area contributed by atoms with Crippen LogP contribution in [0.1, 0.15) is 27.1 Å². The Balaban J connectivity index is 1.84. The number of rotatable bonds is 3. The molecule has 0 saturated carbocycles. The summed E-state index contributed by atoms with van der Waals surface area (Å²) in [5.74, 6) is 0. The first-order valence-electron chi connectivity index (χ1n) is 8.44. The maximum Gasteiger partial charge on any atom is 0.229 e. The molecule has 0 amide bonds. The number of hydrogen-bond donors (Lipinski definition) is 1. The molecular weight excluding hydrogens is 362 g/mol. The van der Waals surface area contributed by atoms with Crippen LogP contribution in [0.4, 0.5) is 5.69 Å². The van der Waals surface area contributed by atoms with Crippen LogP contribution >= 0.6 is 11.3 Å². The predicted octanol–water partition coefficient (Wildman–Crippen LogP) is 4.81. The molecule has 132 valence electrons. The second kappa shape index (κ2) is 6.74. The van der Waals surface area contributed by atoms with E-state index in [0.717, 1.165) is 24.7 Å². The molecule has 0 atom stereocenters. The largest absolute Gasteiger partial charge is 0.284 e. The molecule has 0 radical (unpaired) electrons. The van der Waals surface area contributed by atoms with Crippen LogP contribution in [0.3, 0.4) is 0 Å². The third-order valence-corrected chi connectivity index (χ3v) is 6.06. The lowest BCUT2D eigenvalue weighted by atomic mass is 9.97. The lowest BCUT2D eigenvalue weighted by Crippen LogP contribution is -2.09. The topological polar surface area (TPSA) is 46.2 Å². The summed E-state index contributed by atoms with van der Waals surface area (Å²) in [4.78, 5) is 1.30. The van der Waals surface area contributed by atoms with E-state index in [1.807, 2.05) is 18.2 Å². The minimum atomic E-state index is -3.29. The molecule has 26 heavy (non-hydrogen) atoms. The van der Waals surface area contributed by atoms with E-state index in [-0.39, 0.29) is 0 Å². The molecule has 0 unspecified atom stereocenters. The van der Waals surface area contributed by atoms with Crippen LogP contribution < -0.4 is 4.72 Å².